The molecule has 3 aromatic rings. The van der Waals surface area contributed by atoms with Crippen molar-refractivity contribution in [1.82, 2.24) is 15.5 Å². The molecule has 1 amide bonds. The molecule has 7 heteroatoms. The van der Waals surface area contributed by atoms with Gasteiger partial charge in [-0.2, -0.15) is 4.98 Å². The summed E-state index contributed by atoms with van der Waals surface area (Å²) in [4.78, 5) is 16.4. The molecule has 1 N–H and O–H groups in total. The number of hydrogen-bond acceptors (Lipinski definition) is 6. The molecule has 0 aliphatic carbocycles. The molecule has 27 heavy (non-hydrogen) atoms. The van der Waals surface area contributed by atoms with Crippen LogP contribution in [0.25, 0.3) is 11.4 Å². The lowest BCUT2D eigenvalue weighted by Crippen LogP contribution is -2.24. The molecule has 0 radical (unpaired) electrons. The minimum Gasteiger partial charge on any atom is -0.496 e. The van der Waals surface area contributed by atoms with Crippen LogP contribution in [0.5, 0.6) is 11.5 Å². The lowest BCUT2D eigenvalue weighted by molar-refractivity contribution is -0.120. The number of hydrogen-bond donors (Lipinski definition) is 1. The third kappa shape index (κ3) is 4.84. The Labute approximate surface area is 157 Å². The van der Waals surface area contributed by atoms with Gasteiger partial charge in [-0.05, 0) is 36.8 Å². The normalized spacial score (nSPS) is 10.4. The Morgan fingerprint density at radius 3 is 2.67 bits per heavy atom. The van der Waals surface area contributed by atoms with Gasteiger partial charge < -0.3 is 19.3 Å². The molecule has 140 valence electrons. The summed E-state index contributed by atoms with van der Waals surface area (Å²) in [6.07, 6.45) is 0.264. The summed E-state index contributed by atoms with van der Waals surface area (Å²) < 4.78 is 15.9. The van der Waals surface area contributed by atoms with E-state index in [9.17, 15) is 4.79 Å². The summed E-state index contributed by atoms with van der Waals surface area (Å²) in [5.41, 5.74) is 1.63. The molecule has 2 aromatic carbocycles. The van der Waals surface area contributed by atoms with Gasteiger partial charge in [0.15, 0.2) is 0 Å². The van der Waals surface area contributed by atoms with Crippen molar-refractivity contribution in [2.45, 2.75) is 19.9 Å². The van der Waals surface area contributed by atoms with Crippen molar-refractivity contribution in [3.05, 3.63) is 60.0 Å². The number of nitrogens with zero attached hydrogens (tertiary/aromatic N) is 2. The van der Waals surface area contributed by atoms with E-state index in [-0.39, 0.29) is 18.9 Å². The van der Waals surface area contributed by atoms with Crippen LogP contribution in [-0.4, -0.2) is 29.8 Å². The maximum atomic E-state index is 12.1. The minimum atomic E-state index is -0.129. The van der Waals surface area contributed by atoms with E-state index in [0.29, 0.717) is 24.1 Å². The number of amides is 1. The molecule has 0 saturated carbocycles. The molecule has 1 heterocycles. The molecule has 0 bridgehead atoms. The highest BCUT2D eigenvalue weighted by atomic mass is 16.5. The average molecular weight is 367 g/mol. The number of nitrogens with one attached hydrogen (secondary N) is 1. The highest BCUT2D eigenvalue weighted by Crippen LogP contribution is 2.26. The van der Waals surface area contributed by atoms with Gasteiger partial charge in [0.05, 0.1) is 32.2 Å². The third-order valence-electron chi connectivity index (χ3n) is 3.85. The first-order valence-corrected chi connectivity index (χ1v) is 8.64. The second-order valence-corrected chi connectivity index (χ2v) is 5.74. The third-order valence-corrected chi connectivity index (χ3v) is 3.85. The van der Waals surface area contributed by atoms with Crippen LogP contribution in [0.3, 0.4) is 0 Å². The van der Waals surface area contributed by atoms with Gasteiger partial charge in [0.25, 0.3) is 0 Å². The monoisotopic (exact) mass is 367 g/mol. The summed E-state index contributed by atoms with van der Waals surface area (Å²) in [6, 6.07) is 14.8. The van der Waals surface area contributed by atoms with Gasteiger partial charge in [-0.15, -0.1) is 0 Å². The number of rotatable bonds is 8. The van der Waals surface area contributed by atoms with Gasteiger partial charge in [0.2, 0.25) is 17.6 Å². The summed E-state index contributed by atoms with van der Waals surface area (Å²) in [7, 11) is 1.58. The summed E-state index contributed by atoms with van der Waals surface area (Å²) in [6.45, 7) is 2.71. The molecule has 1 aromatic heterocycles. The van der Waals surface area contributed by atoms with Crippen molar-refractivity contribution >= 4 is 5.91 Å². The van der Waals surface area contributed by atoms with Gasteiger partial charge in [-0.3, -0.25) is 4.79 Å². The van der Waals surface area contributed by atoms with E-state index in [4.69, 9.17) is 14.0 Å². The molecular weight excluding hydrogens is 346 g/mol. The summed E-state index contributed by atoms with van der Waals surface area (Å²) in [5, 5.41) is 6.74. The van der Waals surface area contributed by atoms with Crippen molar-refractivity contribution < 1.29 is 18.8 Å². The number of methoxy groups -OCH3 is 1. The Morgan fingerprint density at radius 2 is 1.93 bits per heavy atom. The Bertz CT molecular complexity index is 890. The Morgan fingerprint density at radius 1 is 1.15 bits per heavy atom. The number of aromatic nitrogens is 2. The maximum Gasteiger partial charge on any atom is 0.246 e. The predicted molar refractivity (Wildman–Crippen MR) is 99.4 cm³/mol. The van der Waals surface area contributed by atoms with Gasteiger partial charge in [-0.1, -0.05) is 29.4 Å². The van der Waals surface area contributed by atoms with E-state index in [1.54, 1.807) is 7.11 Å². The van der Waals surface area contributed by atoms with Crippen LogP contribution in [0, 0.1) is 0 Å². The molecule has 0 fully saturated rings. The fourth-order valence-electron chi connectivity index (χ4n) is 2.56. The van der Waals surface area contributed by atoms with Crippen molar-refractivity contribution in [1.29, 1.82) is 0 Å². The highest BCUT2D eigenvalue weighted by molar-refractivity contribution is 5.78. The number of para-hydroxylation sites is 1. The quantitative estimate of drug-likeness (QED) is 0.659. The highest BCUT2D eigenvalue weighted by Gasteiger charge is 2.13. The molecule has 0 spiro atoms. The Hall–Kier alpha value is -3.35. The zero-order valence-electron chi connectivity index (χ0n) is 15.3. The minimum absolute atomic E-state index is 0.129. The van der Waals surface area contributed by atoms with Crippen LogP contribution in [0.4, 0.5) is 0 Å². The second-order valence-electron chi connectivity index (χ2n) is 5.74. The van der Waals surface area contributed by atoms with Crippen LogP contribution in [0.2, 0.25) is 0 Å². The maximum absolute atomic E-state index is 12.1. The van der Waals surface area contributed by atoms with Crippen molar-refractivity contribution in [3.63, 3.8) is 0 Å². The molecule has 0 atom stereocenters. The molecule has 7 nitrogen and oxygen atoms in total. The van der Waals surface area contributed by atoms with Gasteiger partial charge >= 0.3 is 0 Å². The van der Waals surface area contributed by atoms with Crippen LogP contribution < -0.4 is 14.8 Å². The van der Waals surface area contributed by atoms with Crippen LogP contribution in [0.1, 0.15) is 18.4 Å². The Kier molecular flexibility index (Phi) is 6.04. The molecule has 3 rings (SSSR count). The smallest absolute Gasteiger partial charge is 0.246 e. The second kappa shape index (κ2) is 8.84. The number of benzene rings is 2. The molecule has 0 saturated heterocycles. The van der Waals surface area contributed by atoms with Gasteiger partial charge in [0, 0.05) is 0 Å². The summed E-state index contributed by atoms with van der Waals surface area (Å²) >= 11 is 0. The first kappa shape index (κ1) is 18.4. The zero-order chi connectivity index (χ0) is 19.1. The first-order valence-electron chi connectivity index (χ1n) is 8.64. The van der Waals surface area contributed by atoms with E-state index >= 15 is 0 Å². The van der Waals surface area contributed by atoms with E-state index < -0.39 is 0 Å². The fraction of sp³-hybridized carbons (Fsp3) is 0.250. The van der Waals surface area contributed by atoms with Crippen LogP contribution in [0.15, 0.2) is 53.1 Å². The van der Waals surface area contributed by atoms with Crippen LogP contribution in [-0.2, 0) is 17.8 Å². The van der Waals surface area contributed by atoms with Crippen molar-refractivity contribution in [2.75, 3.05) is 13.7 Å². The Balaban J connectivity index is 1.56. The topological polar surface area (TPSA) is 86.5 Å². The average Bonchev–Trinajstić information content (AvgIpc) is 3.17. The van der Waals surface area contributed by atoms with Crippen molar-refractivity contribution in [2.24, 2.45) is 0 Å². The van der Waals surface area contributed by atoms with Gasteiger partial charge in [-0.25, -0.2) is 0 Å². The summed E-state index contributed by atoms with van der Waals surface area (Å²) in [5.74, 6) is 2.07. The first-order chi connectivity index (χ1) is 13.2. The van der Waals surface area contributed by atoms with E-state index in [1.807, 2.05) is 55.5 Å². The zero-order valence-corrected chi connectivity index (χ0v) is 15.3. The number of ether oxygens (including phenoxy) is 2. The largest absolute Gasteiger partial charge is 0.496 e. The predicted octanol–water partition coefficient (Wildman–Crippen LogP) is 3.00. The molecular formula is C20H21N3O4. The lowest BCUT2D eigenvalue weighted by Gasteiger charge is -2.05. The number of carbonyl (C=O) groups excluding carboxylic acids is 1. The SMILES string of the molecule is CCOc1ccc(CC(=O)NCc2nc(-c3ccccc3OC)no2)cc1. The van der Waals surface area contributed by atoms with Crippen molar-refractivity contribution in [3.8, 4) is 22.9 Å². The standard InChI is InChI=1S/C20H21N3O4/c1-3-26-15-10-8-14(9-11-15)12-18(24)21-13-19-22-20(23-27-19)16-6-4-5-7-17(16)25-2/h4-11H,3,12-13H2,1-2H3,(H,21,24). The molecule has 0 aliphatic rings. The molecule has 0 unspecified atom stereocenters. The van der Waals surface area contributed by atoms with E-state index in [0.717, 1.165) is 16.9 Å². The lowest BCUT2D eigenvalue weighted by atomic mass is 10.1. The van der Waals surface area contributed by atoms with Crippen LogP contribution >= 0.6 is 0 Å². The van der Waals surface area contributed by atoms with E-state index in [1.165, 1.54) is 0 Å². The van der Waals surface area contributed by atoms with E-state index in [2.05, 4.69) is 15.5 Å². The van der Waals surface area contributed by atoms with Gasteiger partial charge in [0.1, 0.15) is 11.5 Å². The fourth-order valence-corrected chi connectivity index (χ4v) is 2.56. The number of carbonyl (C=O) groups is 1. The molecule has 0 aliphatic heterocycles.